The predicted molar refractivity (Wildman–Crippen MR) is 109 cm³/mol. The number of benzene rings is 2. The number of halogens is 1. The standard InChI is InChI=1S/C18H18BrN5O3S/c1-12-6-7-16(9-17(12)24-13(2)21-22-23-24)20-18(25)11-28(26,27)10-14-4-3-5-15(19)8-14/h3-9H,10-11H2,1-2H3,(H,20,25). The summed E-state index contributed by atoms with van der Waals surface area (Å²) in [6, 6.07) is 12.2. The fourth-order valence-electron chi connectivity index (χ4n) is 2.70. The van der Waals surface area contributed by atoms with Crippen molar-refractivity contribution in [1.29, 1.82) is 0 Å². The van der Waals surface area contributed by atoms with Gasteiger partial charge < -0.3 is 5.32 Å². The molecule has 0 fully saturated rings. The van der Waals surface area contributed by atoms with Gasteiger partial charge in [-0.3, -0.25) is 4.79 Å². The van der Waals surface area contributed by atoms with Crippen LogP contribution in [0.1, 0.15) is 17.0 Å². The summed E-state index contributed by atoms with van der Waals surface area (Å²) in [6.45, 7) is 3.66. The molecule has 0 unspecified atom stereocenters. The lowest BCUT2D eigenvalue weighted by molar-refractivity contribution is -0.113. The average Bonchev–Trinajstić information content (AvgIpc) is 3.01. The number of carbonyl (C=O) groups excluding carboxylic acids is 1. The number of aryl methyl sites for hydroxylation is 2. The van der Waals surface area contributed by atoms with Crippen molar-refractivity contribution in [3.05, 3.63) is 63.9 Å². The highest BCUT2D eigenvalue weighted by molar-refractivity contribution is 9.10. The zero-order chi connectivity index (χ0) is 20.3. The predicted octanol–water partition coefficient (Wildman–Crippen LogP) is 2.60. The van der Waals surface area contributed by atoms with E-state index in [0.29, 0.717) is 22.8 Å². The molecule has 3 rings (SSSR count). The second-order valence-corrected chi connectivity index (χ2v) is 9.33. The van der Waals surface area contributed by atoms with Gasteiger partial charge in [0.25, 0.3) is 0 Å². The molecule has 0 saturated heterocycles. The maximum absolute atomic E-state index is 12.4. The van der Waals surface area contributed by atoms with Crippen LogP contribution in [0, 0.1) is 13.8 Å². The SMILES string of the molecule is Cc1ccc(NC(=O)CS(=O)(=O)Cc2cccc(Br)c2)cc1-n1nnnc1C. The van der Waals surface area contributed by atoms with Gasteiger partial charge in [-0.15, -0.1) is 5.10 Å². The van der Waals surface area contributed by atoms with Gasteiger partial charge in [-0.05, 0) is 59.7 Å². The van der Waals surface area contributed by atoms with Gasteiger partial charge in [-0.1, -0.05) is 34.1 Å². The molecule has 146 valence electrons. The normalized spacial score (nSPS) is 11.4. The van der Waals surface area contributed by atoms with E-state index in [1.54, 1.807) is 41.9 Å². The van der Waals surface area contributed by atoms with E-state index in [1.807, 2.05) is 19.1 Å². The molecule has 1 amide bonds. The quantitative estimate of drug-likeness (QED) is 0.601. The Bertz CT molecular complexity index is 1130. The lowest BCUT2D eigenvalue weighted by Gasteiger charge is -2.11. The zero-order valence-electron chi connectivity index (χ0n) is 15.3. The van der Waals surface area contributed by atoms with Crippen LogP contribution >= 0.6 is 15.9 Å². The number of rotatable bonds is 6. The first-order chi connectivity index (χ1) is 13.2. The topological polar surface area (TPSA) is 107 Å². The Balaban J connectivity index is 1.72. The molecular weight excluding hydrogens is 446 g/mol. The fourth-order valence-corrected chi connectivity index (χ4v) is 4.41. The number of hydrogen-bond acceptors (Lipinski definition) is 6. The summed E-state index contributed by atoms with van der Waals surface area (Å²) in [4.78, 5) is 12.3. The summed E-state index contributed by atoms with van der Waals surface area (Å²) in [7, 11) is -3.61. The van der Waals surface area contributed by atoms with Gasteiger partial charge in [0.2, 0.25) is 5.91 Å². The molecule has 0 bridgehead atoms. The Labute approximate surface area is 171 Å². The van der Waals surface area contributed by atoms with Gasteiger partial charge in [0, 0.05) is 10.2 Å². The summed E-state index contributed by atoms with van der Waals surface area (Å²) < 4.78 is 27.1. The largest absolute Gasteiger partial charge is 0.325 e. The van der Waals surface area contributed by atoms with E-state index in [9.17, 15) is 13.2 Å². The van der Waals surface area contributed by atoms with Crippen LogP contribution in [0.2, 0.25) is 0 Å². The van der Waals surface area contributed by atoms with Gasteiger partial charge in [0.15, 0.2) is 15.7 Å². The van der Waals surface area contributed by atoms with Crippen LogP contribution in [-0.2, 0) is 20.4 Å². The smallest absolute Gasteiger partial charge is 0.239 e. The van der Waals surface area contributed by atoms with E-state index in [0.717, 1.165) is 10.0 Å². The summed E-state index contributed by atoms with van der Waals surface area (Å²) in [5, 5.41) is 14.0. The van der Waals surface area contributed by atoms with Crippen LogP contribution in [0.15, 0.2) is 46.9 Å². The summed E-state index contributed by atoms with van der Waals surface area (Å²) >= 11 is 3.31. The van der Waals surface area contributed by atoms with Crippen molar-refractivity contribution < 1.29 is 13.2 Å². The molecule has 0 aliphatic heterocycles. The van der Waals surface area contributed by atoms with Crippen molar-refractivity contribution in [1.82, 2.24) is 20.2 Å². The van der Waals surface area contributed by atoms with Gasteiger partial charge >= 0.3 is 0 Å². The maximum Gasteiger partial charge on any atom is 0.239 e. The number of nitrogens with zero attached hydrogens (tertiary/aromatic N) is 4. The van der Waals surface area contributed by atoms with E-state index in [1.165, 1.54) is 0 Å². The van der Waals surface area contributed by atoms with Crippen LogP contribution in [0.4, 0.5) is 5.69 Å². The first-order valence-corrected chi connectivity index (χ1v) is 11.0. The molecule has 10 heteroatoms. The lowest BCUT2D eigenvalue weighted by Crippen LogP contribution is -2.24. The summed E-state index contributed by atoms with van der Waals surface area (Å²) in [6.07, 6.45) is 0. The zero-order valence-corrected chi connectivity index (χ0v) is 17.7. The Morgan fingerprint density at radius 2 is 1.96 bits per heavy atom. The van der Waals surface area contributed by atoms with Gasteiger partial charge in [-0.2, -0.15) is 4.68 Å². The third-order valence-electron chi connectivity index (χ3n) is 3.97. The van der Waals surface area contributed by atoms with Crippen molar-refractivity contribution in [2.45, 2.75) is 19.6 Å². The monoisotopic (exact) mass is 463 g/mol. The number of amides is 1. The third kappa shape index (κ3) is 5.02. The first-order valence-electron chi connectivity index (χ1n) is 8.34. The van der Waals surface area contributed by atoms with Crippen molar-refractivity contribution in [3.8, 4) is 5.69 Å². The summed E-state index contributed by atoms with van der Waals surface area (Å²) in [5.74, 6) is -0.809. The number of aromatic nitrogens is 4. The Morgan fingerprint density at radius 3 is 2.64 bits per heavy atom. The number of hydrogen-bond donors (Lipinski definition) is 1. The van der Waals surface area contributed by atoms with E-state index < -0.39 is 21.5 Å². The molecule has 0 radical (unpaired) electrons. The van der Waals surface area contributed by atoms with Crippen LogP contribution in [0.5, 0.6) is 0 Å². The lowest BCUT2D eigenvalue weighted by atomic mass is 10.2. The molecule has 8 nitrogen and oxygen atoms in total. The highest BCUT2D eigenvalue weighted by atomic mass is 79.9. The minimum atomic E-state index is -3.61. The Morgan fingerprint density at radius 1 is 1.18 bits per heavy atom. The third-order valence-corrected chi connectivity index (χ3v) is 5.94. The van der Waals surface area contributed by atoms with Crippen LogP contribution < -0.4 is 5.32 Å². The van der Waals surface area contributed by atoms with Gasteiger partial charge in [-0.25, -0.2) is 8.42 Å². The van der Waals surface area contributed by atoms with Crippen molar-refractivity contribution in [3.63, 3.8) is 0 Å². The number of tetrazole rings is 1. The van der Waals surface area contributed by atoms with Gasteiger partial charge in [0.05, 0.1) is 11.4 Å². The molecule has 28 heavy (non-hydrogen) atoms. The number of anilines is 1. The molecule has 0 atom stereocenters. The Kier molecular flexibility index (Phi) is 5.90. The fraction of sp³-hybridized carbons (Fsp3) is 0.222. The highest BCUT2D eigenvalue weighted by Gasteiger charge is 2.18. The number of nitrogens with one attached hydrogen (secondary N) is 1. The van der Waals surface area contributed by atoms with Gasteiger partial charge in [0.1, 0.15) is 5.75 Å². The molecule has 0 saturated carbocycles. The van der Waals surface area contributed by atoms with E-state index in [4.69, 9.17) is 0 Å². The first kappa shape index (κ1) is 20.2. The van der Waals surface area contributed by atoms with Crippen LogP contribution in [-0.4, -0.2) is 40.3 Å². The molecule has 0 aliphatic rings. The minimum Gasteiger partial charge on any atom is -0.325 e. The average molecular weight is 464 g/mol. The number of carbonyl (C=O) groups is 1. The summed E-state index contributed by atoms with van der Waals surface area (Å²) in [5.41, 5.74) is 2.71. The number of sulfone groups is 1. The highest BCUT2D eigenvalue weighted by Crippen LogP contribution is 2.20. The second-order valence-electron chi connectivity index (χ2n) is 6.35. The molecule has 0 aliphatic carbocycles. The molecule has 2 aromatic carbocycles. The molecule has 1 aromatic heterocycles. The maximum atomic E-state index is 12.4. The Hall–Kier alpha value is -2.59. The van der Waals surface area contributed by atoms with Crippen molar-refractivity contribution >= 4 is 37.4 Å². The van der Waals surface area contributed by atoms with Crippen LogP contribution in [0.25, 0.3) is 5.69 Å². The van der Waals surface area contributed by atoms with E-state index in [-0.39, 0.29) is 5.75 Å². The van der Waals surface area contributed by atoms with Crippen LogP contribution in [0.3, 0.4) is 0 Å². The minimum absolute atomic E-state index is 0.206. The molecule has 1 heterocycles. The molecule has 3 aromatic rings. The van der Waals surface area contributed by atoms with E-state index in [2.05, 4.69) is 36.8 Å². The molecule has 0 spiro atoms. The molecular formula is C18H18BrN5O3S. The second kappa shape index (κ2) is 8.19. The van der Waals surface area contributed by atoms with Crippen molar-refractivity contribution in [2.75, 3.05) is 11.1 Å². The molecule has 1 N–H and O–H groups in total. The van der Waals surface area contributed by atoms with Crippen molar-refractivity contribution in [2.24, 2.45) is 0 Å². The van der Waals surface area contributed by atoms with E-state index >= 15 is 0 Å².